The van der Waals surface area contributed by atoms with Crippen molar-refractivity contribution in [3.63, 3.8) is 0 Å². The molecule has 152 valence electrons. The Hall–Kier alpha value is -2.82. The van der Waals surface area contributed by atoms with Crippen molar-refractivity contribution in [2.75, 3.05) is 0 Å². The van der Waals surface area contributed by atoms with Gasteiger partial charge in [0.15, 0.2) is 0 Å². The van der Waals surface area contributed by atoms with Gasteiger partial charge < -0.3 is 15.0 Å². The molecule has 1 aromatic carbocycles. The van der Waals surface area contributed by atoms with Gasteiger partial charge in [0.05, 0.1) is 6.04 Å². The van der Waals surface area contributed by atoms with Crippen molar-refractivity contribution in [2.45, 2.75) is 63.5 Å². The highest BCUT2D eigenvalue weighted by Crippen LogP contribution is 2.34. The van der Waals surface area contributed by atoms with E-state index >= 15 is 0 Å². The summed E-state index contributed by atoms with van der Waals surface area (Å²) in [7, 11) is 0. The minimum atomic E-state index is -0.474. The number of benzene rings is 1. The van der Waals surface area contributed by atoms with Crippen molar-refractivity contribution < 1.29 is 9.53 Å². The van der Waals surface area contributed by atoms with Crippen LogP contribution in [0, 0.1) is 0 Å². The fraction of sp³-hybridized carbons (Fsp3) is 0.417. The lowest BCUT2D eigenvalue weighted by Gasteiger charge is -2.23. The Morgan fingerprint density at radius 3 is 2.48 bits per heavy atom. The van der Waals surface area contributed by atoms with Crippen LogP contribution >= 0.6 is 0 Å². The molecule has 0 radical (unpaired) electrons. The lowest BCUT2D eigenvalue weighted by atomic mass is 9.85. The molecule has 1 aliphatic carbocycles. The summed E-state index contributed by atoms with van der Waals surface area (Å²) in [5.41, 5.74) is 3.04. The number of nitrogens with one attached hydrogen (secondary N) is 2. The minimum Gasteiger partial charge on any atom is -0.441 e. The Labute approximate surface area is 171 Å². The third-order valence-electron chi connectivity index (χ3n) is 5.94. The summed E-state index contributed by atoms with van der Waals surface area (Å²) in [6.45, 7) is 3.81. The highest BCUT2D eigenvalue weighted by Gasteiger charge is 2.41. The second-order valence-electron chi connectivity index (χ2n) is 8.50. The van der Waals surface area contributed by atoms with Crippen LogP contribution in [-0.4, -0.2) is 21.7 Å². The van der Waals surface area contributed by atoms with Gasteiger partial charge in [0.1, 0.15) is 11.2 Å². The molecule has 1 saturated carbocycles. The summed E-state index contributed by atoms with van der Waals surface area (Å²) in [4.78, 5) is 18.7. The average molecular weight is 392 g/mol. The summed E-state index contributed by atoms with van der Waals surface area (Å²) in [6.07, 6.45) is 10.5. The summed E-state index contributed by atoms with van der Waals surface area (Å²) >= 11 is 0. The van der Waals surface area contributed by atoms with Gasteiger partial charge >= 0.3 is 6.09 Å². The first-order valence-electron chi connectivity index (χ1n) is 10.5. The molecular weight excluding hydrogens is 362 g/mol. The Bertz CT molecular complexity index is 958. The molecule has 0 spiro atoms. The number of rotatable bonds is 2. The first kappa shape index (κ1) is 19.5. The van der Waals surface area contributed by atoms with E-state index in [2.05, 4.69) is 33.6 Å². The standard InChI is InChI=1S/C13H16N2.C11H13NO2/c1-2-4-10(5-3-1)12-8-11-6-7-14-13(11)15-9-12;1-11(2)9(12-10(13)14-11)8-6-4-3-5-7-8/h6-10H,1-5H2,(H,14,15);3-7,9H,1-2H3,(H,12,13). The molecule has 1 unspecified atom stereocenters. The van der Waals surface area contributed by atoms with Crippen LogP contribution in [0.1, 0.15) is 69.0 Å². The maximum absolute atomic E-state index is 11.1. The molecule has 5 rings (SSSR count). The number of fused-ring (bicyclic) bond motifs is 1. The van der Waals surface area contributed by atoms with Crippen LogP contribution < -0.4 is 5.32 Å². The highest BCUT2D eigenvalue weighted by molar-refractivity contribution is 5.75. The van der Waals surface area contributed by atoms with E-state index in [0.29, 0.717) is 0 Å². The van der Waals surface area contributed by atoms with E-state index in [9.17, 15) is 4.79 Å². The van der Waals surface area contributed by atoms with E-state index in [1.165, 1.54) is 43.1 Å². The number of H-pyrrole nitrogens is 1. The molecule has 1 saturated heterocycles. The molecule has 1 aliphatic heterocycles. The normalized spacial score (nSPS) is 21.2. The van der Waals surface area contributed by atoms with E-state index in [1.54, 1.807) is 0 Å². The third kappa shape index (κ3) is 4.44. The molecule has 2 aromatic heterocycles. The molecule has 2 N–H and O–H groups in total. The van der Waals surface area contributed by atoms with Crippen LogP contribution in [0.2, 0.25) is 0 Å². The molecule has 5 heteroatoms. The van der Waals surface area contributed by atoms with Crippen molar-refractivity contribution >= 4 is 17.1 Å². The number of aromatic nitrogens is 2. The van der Waals surface area contributed by atoms with Crippen LogP contribution in [0.3, 0.4) is 0 Å². The molecule has 5 nitrogen and oxygen atoms in total. The number of nitrogens with zero attached hydrogens (tertiary/aromatic N) is 1. The maximum Gasteiger partial charge on any atom is 0.408 e. The molecule has 3 aromatic rings. The smallest absolute Gasteiger partial charge is 0.408 e. The molecule has 3 heterocycles. The van der Waals surface area contributed by atoms with Crippen LogP contribution in [0.15, 0.2) is 54.9 Å². The highest BCUT2D eigenvalue weighted by atomic mass is 16.6. The van der Waals surface area contributed by atoms with Gasteiger partial charge in [-0.3, -0.25) is 0 Å². The largest absolute Gasteiger partial charge is 0.441 e. The van der Waals surface area contributed by atoms with Gasteiger partial charge in [0.2, 0.25) is 0 Å². The summed E-state index contributed by atoms with van der Waals surface area (Å²) in [5, 5.41) is 4.05. The van der Waals surface area contributed by atoms with E-state index in [0.717, 1.165) is 17.1 Å². The van der Waals surface area contributed by atoms with Gasteiger partial charge in [-0.15, -0.1) is 0 Å². The lowest BCUT2D eigenvalue weighted by molar-refractivity contribution is 0.0684. The van der Waals surface area contributed by atoms with E-state index in [-0.39, 0.29) is 12.1 Å². The predicted octanol–water partition coefficient (Wildman–Crippen LogP) is 5.86. The van der Waals surface area contributed by atoms with Gasteiger partial charge in [-0.05, 0) is 55.9 Å². The first-order chi connectivity index (χ1) is 14.0. The zero-order valence-corrected chi connectivity index (χ0v) is 17.2. The topological polar surface area (TPSA) is 67.0 Å². The van der Waals surface area contributed by atoms with E-state index in [4.69, 9.17) is 4.74 Å². The summed E-state index contributed by atoms with van der Waals surface area (Å²) < 4.78 is 5.17. The van der Waals surface area contributed by atoms with E-state index < -0.39 is 5.60 Å². The molecule has 1 atom stereocenters. The monoisotopic (exact) mass is 391 g/mol. The zero-order valence-electron chi connectivity index (χ0n) is 17.2. The Morgan fingerprint density at radius 2 is 1.79 bits per heavy atom. The molecule has 29 heavy (non-hydrogen) atoms. The zero-order chi connectivity index (χ0) is 20.3. The number of hydrogen-bond acceptors (Lipinski definition) is 3. The number of hydrogen-bond donors (Lipinski definition) is 2. The van der Waals surface area contributed by atoms with Crippen molar-refractivity contribution in [3.8, 4) is 0 Å². The van der Waals surface area contributed by atoms with Gasteiger partial charge in [-0.25, -0.2) is 9.78 Å². The van der Waals surface area contributed by atoms with Gasteiger partial charge in [-0.1, -0.05) is 49.6 Å². The van der Waals surface area contributed by atoms with Gasteiger partial charge in [-0.2, -0.15) is 0 Å². The molecule has 1 amide bonds. The summed E-state index contributed by atoms with van der Waals surface area (Å²) in [5.74, 6) is 0.755. The summed E-state index contributed by atoms with van der Waals surface area (Å²) in [6, 6.07) is 14.2. The first-order valence-corrected chi connectivity index (χ1v) is 10.5. The van der Waals surface area contributed by atoms with Crippen molar-refractivity contribution in [1.82, 2.24) is 15.3 Å². The van der Waals surface area contributed by atoms with Crippen LogP contribution in [-0.2, 0) is 4.74 Å². The van der Waals surface area contributed by atoms with Crippen LogP contribution in [0.5, 0.6) is 0 Å². The van der Waals surface area contributed by atoms with Crippen LogP contribution in [0.25, 0.3) is 11.0 Å². The number of aromatic amines is 1. The second kappa shape index (κ2) is 8.27. The average Bonchev–Trinajstić information content (AvgIpc) is 3.32. The quantitative estimate of drug-likeness (QED) is 0.575. The second-order valence-corrected chi connectivity index (χ2v) is 8.50. The Balaban J connectivity index is 0.000000142. The fourth-order valence-electron chi connectivity index (χ4n) is 4.37. The molecule has 0 bridgehead atoms. The maximum atomic E-state index is 11.1. The van der Waals surface area contributed by atoms with Crippen LogP contribution in [0.4, 0.5) is 4.79 Å². The number of cyclic esters (lactones) is 1. The molecule has 2 fully saturated rings. The number of amides is 1. The molecule has 2 aliphatic rings. The third-order valence-corrected chi connectivity index (χ3v) is 5.94. The number of ether oxygens (including phenoxy) is 1. The number of pyridine rings is 1. The predicted molar refractivity (Wildman–Crippen MR) is 115 cm³/mol. The Kier molecular flexibility index (Phi) is 5.56. The van der Waals surface area contributed by atoms with E-state index in [1.807, 2.05) is 50.4 Å². The minimum absolute atomic E-state index is 0.0591. The van der Waals surface area contributed by atoms with Gasteiger partial charge in [0, 0.05) is 17.8 Å². The van der Waals surface area contributed by atoms with Crippen molar-refractivity contribution in [2.24, 2.45) is 0 Å². The number of alkyl carbamates (subject to hydrolysis) is 1. The SMILES string of the molecule is CC1(C)OC(=O)NC1c1ccccc1.c1cc2cc(C3CCCCC3)cnc2[nH]1. The molecular formula is C24H29N3O2. The number of carbonyl (C=O) groups is 1. The Morgan fingerprint density at radius 1 is 1.03 bits per heavy atom. The number of carbonyl (C=O) groups excluding carboxylic acids is 1. The van der Waals surface area contributed by atoms with Crippen molar-refractivity contribution in [3.05, 3.63) is 66.0 Å². The van der Waals surface area contributed by atoms with Crippen molar-refractivity contribution in [1.29, 1.82) is 0 Å². The van der Waals surface area contributed by atoms with Gasteiger partial charge in [0.25, 0.3) is 0 Å². The lowest BCUT2D eigenvalue weighted by Crippen LogP contribution is -2.29. The fourth-order valence-corrected chi connectivity index (χ4v) is 4.37.